The van der Waals surface area contributed by atoms with Crippen molar-refractivity contribution in [2.45, 2.75) is 85.4 Å². The van der Waals surface area contributed by atoms with E-state index in [1.165, 1.54) is 25.7 Å². The van der Waals surface area contributed by atoms with Crippen LogP contribution in [0.5, 0.6) is 0 Å². The van der Waals surface area contributed by atoms with E-state index >= 15 is 0 Å². The third kappa shape index (κ3) is 7.50. The van der Waals surface area contributed by atoms with Gasteiger partial charge in [0.15, 0.2) is 11.8 Å². The molecular weight excluding hydrogens is 427 g/mol. The van der Waals surface area contributed by atoms with Crippen molar-refractivity contribution in [1.82, 2.24) is 25.4 Å². The Hall–Kier alpha value is -0.860. The number of rotatable bonds is 7. The Bertz CT molecular complexity index is 526. The minimum atomic E-state index is 0. The number of halogens is 1. The standard InChI is InChI=1S/C18H34N6.HI/c1-5-19-18(21-15(4)11-10-14(2)3)20-13-17-23-22-16-9-7-6-8-12-24(16)17;/h14-15H,5-13H2,1-4H3,(H2,19,20,21);1H. The molecule has 6 nitrogen and oxygen atoms in total. The molecule has 7 heteroatoms. The van der Waals surface area contributed by atoms with E-state index in [1.807, 2.05) is 0 Å². The second kappa shape index (κ2) is 11.7. The van der Waals surface area contributed by atoms with Crippen molar-refractivity contribution >= 4 is 29.9 Å². The zero-order chi connectivity index (χ0) is 17.4. The minimum Gasteiger partial charge on any atom is -0.357 e. The monoisotopic (exact) mass is 462 g/mol. The Labute approximate surface area is 169 Å². The van der Waals surface area contributed by atoms with Crippen molar-refractivity contribution in [3.05, 3.63) is 11.6 Å². The molecule has 1 aliphatic heterocycles. The lowest BCUT2D eigenvalue weighted by Gasteiger charge is -2.18. The SMILES string of the molecule is CCNC(=NCc1nnc2n1CCCCC2)NC(C)CCC(C)C.I. The number of hydrogen-bond donors (Lipinski definition) is 2. The first-order valence-corrected chi connectivity index (χ1v) is 9.56. The van der Waals surface area contributed by atoms with E-state index in [4.69, 9.17) is 4.99 Å². The summed E-state index contributed by atoms with van der Waals surface area (Å²) in [7, 11) is 0. The van der Waals surface area contributed by atoms with E-state index in [0.29, 0.717) is 12.6 Å². The fraction of sp³-hybridized carbons (Fsp3) is 0.833. The molecule has 0 fully saturated rings. The highest BCUT2D eigenvalue weighted by molar-refractivity contribution is 14.0. The summed E-state index contributed by atoms with van der Waals surface area (Å²) in [5.74, 6) is 3.72. The molecule has 25 heavy (non-hydrogen) atoms. The first-order valence-electron chi connectivity index (χ1n) is 9.56. The quantitative estimate of drug-likeness (QED) is 0.370. The lowest BCUT2D eigenvalue weighted by molar-refractivity contribution is 0.489. The third-order valence-electron chi connectivity index (χ3n) is 4.47. The number of nitrogens with one attached hydrogen (secondary N) is 2. The zero-order valence-electron chi connectivity index (χ0n) is 16.2. The normalized spacial score (nSPS) is 16.0. The predicted molar refractivity (Wildman–Crippen MR) is 114 cm³/mol. The van der Waals surface area contributed by atoms with Gasteiger partial charge in [-0.25, -0.2) is 4.99 Å². The van der Waals surface area contributed by atoms with Gasteiger partial charge in [-0.3, -0.25) is 0 Å². The topological polar surface area (TPSA) is 67.1 Å². The molecule has 2 rings (SSSR count). The van der Waals surface area contributed by atoms with E-state index in [1.54, 1.807) is 0 Å². The van der Waals surface area contributed by atoms with Gasteiger partial charge in [0.1, 0.15) is 12.4 Å². The number of aryl methyl sites for hydroxylation is 1. The van der Waals surface area contributed by atoms with Gasteiger partial charge in [0.2, 0.25) is 0 Å². The van der Waals surface area contributed by atoms with Crippen molar-refractivity contribution in [2.75, 3.05) is 6.54 Å². The fourth-order valence-corrected chi connectivity index (χ4v) is 3.02. The van der Waals surface area contributed by atoms with Gasteiger partial charge in [-0.05, 0) is 45.4 Å². The second-order valence-electron chi connectivity index (χ2n) is 7.21. The highest BCUT2D eigenvalue weighted by Crippen LogP contribution is 2.14. The Kier molecular flexibility index (Phi) is 10.4. The van der Waals surface area contributed by atoms with Gasteiger partial charge < -0.3 is 15.2 Å². The maximum absolute atomic E-state index is 4.73. The predicted octanol–water partition coefficient (Wildman–Crippen LogP) is 3.50. The number of guanidine groups is 1. The summed E-state index contributed by atoms with van der Waals surface area (Å²) in [6, 6.07) is 0.417. The minimum absolute atomic E-state index is 0. The molecule has 1 aliphatic rings. The van der Waals surface area contributed by atoms with Crippen LogP contribution in [0.3, 0.4) is 0 Å². The number of aliphatic imine (C=N–C) groups is 1. The van der Waals surface area contributed by atoms with E-state index in [9.17, 15) is 0 Å². The van der Waals surface area contributed by atoms with Gasteiger partial charge in [-0.15, -0.1) is 34.2 Å². The maximum atomic E-state index is 4.73. The van der Waals surface area contributed by atoms with Crippen molar-refractivity contribution in [1.29, 1.82) is 0 Å². The fourth-order valence-electron chi connectivity index (χ4n) is 3.02. The molecule has 1 aromatic rings. The maximum Gasteiger partial charge on any atom is 0.191 e. The molecule has 0 saturated carbocycles. The van der Waals surface area contributed by atoms with Gasteiger partial charge in [0.25, 0.3) is 0 Å². The smallest absolute Gasteiger partial charge is 0.191 e. The summed E-state index contributed by atoms with van der Waals surface area (Å²) in [5, 5.41) is 15.6. The van der Waals surface area contributed by atoms with E-state index in [-0.39, 0.29) is 24.0 Å². The molecule has 0 radical (unpaired) electrons. The van der Waals surface area contributed by atoms with Gasteiger partial charge in [0.05, 0.1) is 0 Å². The van der Waals surface area contributed by atoms with Gasteiger partial charge >= 0.3 is 0 Å². The van der Waals surface area contributed by atoms with Crippen LogP contribution in [0, 0.1) is 5.92 Å². The van der Waals surface area contributed by atoms with E-state index in [0.717, 1.165) is 49.5 Å². The largest absolute Gasteiger partial charge is 0.357 e. The highest BCUT2D eigenvalue weighted by Gasteiger charge is 2.14. The average Bonchev–Trinajstić information content (AvgIpc) is 2.77. The molecule has 1 aromatic heterocycles. The van der Waals surface area contributed by atoms with E-state index in [2.05, 4.69) is 53.1 Å². The molecule has 2 heterocycles. The van der Waals surface area contributed by atoms with Crippen LogP contribution in [-0.2, 0) is 19.5 Å². The number of fused-ring (bicyclic) bond motifs is 1. The first-order chi connectivity index (χ1) is 11.6. The third-order valence-corrected chi connectivity index (χ3v) is 4.47. The van der Waals surface area contributed by atoms with Crippen molar-refractivity contribution in [3.63, 3.8) is 0 Å². The molecule has 0 bridgehead atoms. The summed E-state index contributed by atoms with van der Waals surface area (Å²) in [6.45, 7) is 11.3. The Morgan fingerprint density at radius 1 is 1.16 bits per heavy atom. The van der Waals surface area contributed by atoms with Crippen molar-refractivity contribution in [3.8, 4) is 0 Å². The molecular formula is C18H35IN6. The summed E-state index contributed by atoms with van der Waals surface area (Å²) in [4.78, 5) is 4.73. The van der Waals surface area contributed by atoms with Crippen molar-refractivity contribution < 1.29 is 0 Å². The van der Waals surface area contributed by atoms with Gasteiger partial charge in [0, 0.05) is 25.6 Å². The first kappa shape index (κ1) is 22.2. The Morgan fingerprint density at radius 3 is 2.68 bits per heavy atom. The van der Waals surface area contributed by atoms with Crippen LogP contribution in [0.25, 0.3) is 0 Å². The Balaban J connectivity index is 0.00000312. The molecule has 0 amide bonds. The van der Waals surface area contributed by atoms with Crippen LogP contribution in [-0.4, -0.2) is 33.3 Å². The molecule has 0 aromatic carbocycles. The summed E-state index contributed by atoms with van der Waals surface area (Å²) < 4.78 is 2.27. The second-order valence-corrected chi connectivity index (χ2v) is 7.21. The molecule has 1 unspecified atom stereocenters. The number of hydrogen-bond acceptors (Lipinski definition) is 3. The molecule has 144 valence electrons. The molecule has 0 spiro atoms. The molecule has 1 atom stereocenters. The van der Waals surface area contributed by atoms with Crippen LogP contribution in [0.15, 0.2) is 4.99 Å². The van der Waals surface area contributed by atoms with Crippen LogP contribution in [0.4, 0.5) is 0 Å². The van der Waals surface area contributed by atoms with Crippen LogP contribution in [0.1, 0.15) is 71.4 Å². The van der Waals surface area contributed by atoms with Crippen LogP contribution < -0.4 is 10.6 Å². The molecule has 2 N–H and O–H groups in total. The number of aromatic nitrogens is 3. The molecule has 0 aliphatic carbocycles. The van der Waals surface area contributed by atoms with Crippen LogP contribution >= 0.6 is 24.0 Å². The van der Waals surface area contributed by atoms with E-state index < -0.39 is 0 Å². The number of nitrogens with zero attached hydrogens (tertiary/aromatic N) is 4. The van der Waals surface area contributed by atoms with Crippen molar-refractivity contribution in [2.24, 2.45) is 10.9 Å². The highest BCUT2D eigenvalue weighted by atomic mass is 127. The summed E-state index contributed by atoms with van der Waals surface area (Å²) in [5.41, 5.74) is 0. The zero-order valence-corrected chi connectivity index (χ0v) is 18.5. The summed E-state index contributed by atoms with van der Waals surface area (Å²) in [6.07, 6.45) is 7.14. The molecule has 0 saturated heterocycles. The lowest BCUT2D eigenvalue weighted by atomic mass is 10.0. The van der Waals surface area contributed by atoms with Gasteiger partial charge in [-0.1, -0.05) is 20.3 Å². The lowest BCUT2D eigenvalue weighted by Crippen LogP contribution is -2.42. The van der Waals surface area contributed by atoms with Crippen LogP contribution in [0.2, 0.25) is 0 Å². The average molecular weight is 462 g/mol. The van der Waals surface area contributed by atoms with Gasteiger partial charge in [-0.2, -0.15) is 0 Å². The Morgan fingerprint density at radius 2 is 1.96 bits per heavy atom. The summed E-state index contributed by atoms with van der Waals surface area (Å²) >= 11 is 0.